The third-order valence-corrected chi connectivity index (χ3v) is 4.39. The summed E-state index contributed by atoms with van der Waals surface area (Å²) in [4.78, 5) is 20.5. The molecule has 0 radical (unpaired) electrons. The van der Waals surface area contributed by atoms with Crippen molar-refractivity contribution in [3.63, 3.8) is 0 Å². The van der Waals surface area contributed by atoms with E-state index in [0.717, 1.165) is 12.5 Å². The predicted molar refractivity (Wildman–Crippen MR) is 93.3 cm³/mol. The second-order valence-corrected chi connectivity index (χ2v) is 7.48. The van der Waals surface area contributed by atoms with E-state index in [9.17, 15) is 13.2 Å². The first-order valence-electron chi connectivity index (χ1n) is 7.06. The van der Waals surface area contributed by atoms with Gasteiger partial charge in [0.25, 0.3) is 5.91 Å². The summed E-state index contributed by atoms with van der Waals surface area (Å²) >= 11 is 6.15. The van der Waals surface area contributed by atoms with E-state index < -0.39 is 20.9 Å². The summed E-state index contributed by atoms with van der Waals surface area (Å²) in [6.45, 7) is 0. The van der Waals surface area contributed by atoms with E-state index >= 15 is 0 Å². The van der Waals surface area contributed by atoms with Crippen molar-refractivity contribution in [2.75, 3.05) is 11.6 Å². The van der Waals surface area contributed by atoms with Gasteiger partial charge >= 0.3 is 0 Å². The van der Waals surface area contributed by atoms with Crippen molar-refractivity contribution in [3.05, 3.63) is 47.4 Å². The molecule has 2 heterocycles. The van der Waals surface area contributed by atoms with Crippen molar-refractivity contribution in [1.29, 1.82) is 0 Å². The van der Waals surface area contributed by atoms with Crippen molar-refractivity contribution >= 4 is 38.9 Å². The molecule has 1 aromatic carbocycles. The lowest BCUT2D eigenvalue weighted by atomic mass is 10.2. The van der Waals surface area contributed by atoms with Gasteiger partial charge in [0.2, 0.25) is 15.0 Å². The zero-order valence-electron chi connectivity index (χ0n) is 13.3. The number of halogens is 1. The molecule has 2 aromatic heterocycles. The number of benzene rings is 1. The minimum atomic E-state index is -3.67. The lowest BCUT2D eigenvalue weighted by Crippen LogP contribution is -2.17. The molecule has 0 spiro atoms. The number of hydrogen-bond acceptors (Lipinski definition) is 8. The fraction of sp³-hybridized carbons (Fsp3) is 0.0714. The summed E-state index contributed by atoms with van der Waals surface area (Å²) < 4.78 is 23.3. The van der Waals surface area contributed by atoms with Crippen LogP contribution in [0.3, 0.4) is 0 Å². The average Bonchev–Trinajstić information content (AvgIpc) is 3.10. The lowest BCUT2D eigenvalue weighted by Gasteiger charge is -2.11. The van der Waals surface area contributed by atoms with Crippen LogP contribution in [0.1, 0.15) is 10.4 Å². The summed E-state index contributed by atoms with van der Waals surface area (Å²) in [5, 5.41) is 10.8. The largest absolute Gasteiger partial charge is 0.365 e. The van der Waals surface area contributed by atoms with Crippen molar-refractivity contribution in [2.24, 2.45) is 5.73 Å². The molecule has 0 fully saturated rings. The van der Waals surface area contributed by atoms with E-state index in [4.69, 9.17) is 17.3 Å². The summed E-state index contributed by atoms with van der Waals surface area (Å²) in [6, 6.07) is 4.81. The zero-order chi connectivity index (χ0) is 18.9. The Labute approximate surface area is 152 Å². The molecule has 12 heteroatoms. The van der Waals surface area contributed by atoms with Crippen LogP contribution in [0, 0.1) is 0 Å². The minimum absolute atomic E-state index is 0.0466. The van der Waals surface area contributed by atoms with Gasteiger partial charge in [-0.25, -0.2) is 13.4 Å². The van der Waals surface area contributed by atoms with Gasteiger partial charge in [0.15, 0.2) is 0 Å². The van der Waals surface area contributed by atoms with E-state index in [0.29, 0.717) is 16.4 Å². The molecule has 26 heavy (non-hydrogen) atoms. The fourth-order valence-electron chi connectivity index (χ4n) is 2.04. The fourth-order valence-corrected chi connectivity index (χ4v) is 2.73. The van der Waals surface area contributed by atoms with Gasteiger partial charge in [0.1, 0.15) is 17.1 Å². The normalized spacial score (nSPS) is 11.3. The van der Waals surface area contributed by atoms with Crippen LogP contribution in [-0.2, 0) is 9.84 Å². The number of hydrogen-bond donors (Lipinski definition) is 2. The number of carbonyl (C=O) groups is 1. The Hall–Kier alpha value is -3.05. The Morgan fingerprint density at radius 2 is 1.96 bits per heavy atom. The molecule has 0 aliphatic heterocycles. The topological polar surface area (TPSA) is 146 Å². The van der Waals surface area contributed by atoms with E-state index in [-0.39, 0.29) is 11.4 Å². The van der Waals surface area contributed by atoms with E-state index in [1.54, 1.807) is 18.2 Å². The maximum absolute atomic E-state index is 11.7. The smallest absolute Gasteiger partial charge is 0.254 e. The lowest BCUT2D eigenvalue weighted by molar-refractivity contribution is 0.1000. The maximum atomic E-state index is 11.7. The third-order valence-electron chi connectivity index (χ3n) is 3.21. The van der Waals surface area contributed by atoms with Crippen molar-refractivity contribution < 1.29 is 13.2 Å². The SMILES string of the molecule is CS(=O)(=O)c1ncc(C(N)=O)c(Nc2ccc(Cl)c(-n3nccn3)c2)n1. The van der Waals surface area contributed by atoms with Crippen LogP contribution < -0.4 is 11.1 Å². The first kappa shape index (κ1) is 17.8. The van der Waals surface area contributed by atoms with Crippen LogP contribution in [0.4, 0.5) is 11.5 Å². The second kappa shape index (κ2) is 6.69. The molecule has 1 amide bonds. The quantitative estimate of drug-likeness (QED) is 0.609. The number of primary amides is 1. The molecule has 0 bridgehead atoms. The van der Waals surface area contributed by atoms with Crippen molar-refractivity contribution in [1.82, 2.24) is 25.0 Å². The molecule has 3 aromatic rings. The highest BCUT2D eigenvalue weighted by Gasteiger charge is 2.18. The van der Waals surface area contributed by atoms with Crippen LogP contribution in [-0.4, -0.2) is 45.5 Å². The highest BCUT2D eigenvalue weighted by molar-refractivity contribution is 7.90. The van der Waals surface area contributed by atoms with Gasteiger partial charge < -0.3 is 11.1 Å². The van der Waals surface area contributed by atoms with Crippen LogP contribution in [0.25, 0.3) is 5.69 Å². The number of carbonyl (C=O) groups excluding carboxylic acids is 1. The highest BCUT2D eigenvalue weighted by atomic mass is 35.5. The number of nitrogens with two attached hydrogens (primary N) is 1. The van der Waals surface area contributed by atoms with Crippen LogP contribution in [0.2, 0.25) is 5.02 Å². The molecule has 0 saturated carbocycles. The monoisotopic (exact) mass is 393 g/mol. The predicted octanol–water partition coefficient (Wildman–Crippen LogP) is 0.957. The van der Waals surface area contributed by atoms with E-state index in [2.05, 4.69) is 25.5 Å². The molecular weight excluding hydrogens is 382 g/mol. The molecule has 0 atom stereocenters. The highest BCUT2D eigenvalue weighted by Crippen LogP contribution is 2.26. The Morgan fingerprint density at radius 3 is 2.58 bits per heavy atom. The number of amides is 1. The zero-order valence-corrected chi connectivity index (χ0v) is 14.9. The van der Waals surface area contributed by atoms with Gasteiger partial charge in [0, 0.05) is 18.1 Å². The van der Waals surface area contributed by atoms with Crippen LogP contribution in [0.5, 0.6) is 0 Å². The molecule has 0 aliphatic rings. The molecule has 0 aliphatic carbocycles. The van der Waals surface area contributed by atoms with Crippen LogP contribution in [0.15, 0.2) is 41.9 Å². The van der Waals surface area contributed by atoms with E-state index in [1.165, 1.54) is 17.2 Å². The number of rotatable bonds is 5. The molecule has 0 unspecified atom stereocenters. The minimum Gasteiger partial charge on any atom is -0.365 e. The van der Waals surface area contributed by atoms with Gasteiger partial charge in [-0.2, -0.15) is 20.0 Å². The first-order chi connectivity index (χ1) is 12.3. The Balaban J connectivity index is 2.06. The van der Waals surface area contributed by atoms with Crippen molar-refractivity contribution in [3.8, 4) is 5.69 Å². The Kier molecular flexibility index (Phi) is 4.57. The number of nitrogens with one attached hydrogen (secondary N) is 1. The summed E-state index contributed by atoms with van der Waals surface area (Å²) in [5.74, 6) is -0.856. The Morgan fingerprint density at radius 1 is 1.27 bits per heavy atom. The number of nitrogens with zero attached hydrogens (tertiary/aromatic N) is 5. The second-order valence-electron chi connectivity index (χ2n) is 5.16. The molecule has 3 rings (SSSR count). The third kappa shape index (κ3) is 3.63. The molecule has 10 nitrogen and oxygen atoms in total. The summed E-state index contributed by atoms with van der Waals surface area (Å²) in [6.07, 6.45) is 4.99. The van der Waals surface area contributed by atoms with Crippen LogP contribution >= 0.6 is 11.6 Å². The van der Waals surface area contributed by atoms with Gasteiger partial charge in [-0.15, -0.1) is 0 Å². The van der Waals surface area contributed by atoms with Crippen molar-refractivity contribution in [2.45, 2.75) is 5.16 Å². The molecular formula is C14H12ClN7O3S. The first-order valence-corrected chi connectivity index (χ1v) is 9.33. The van der Waals surface area contributed by atoms with Gasteiger partial charge in [-0.1, -0.05) is 11.6 Å². The van der Waals surface area contributed by atoms with Gasteiger partial charge in [0.05, 0.1) is 17.4 Å². The number of anilines is 2. The summed E-state index contributed by atoms with van der Waals surface area (Å²) in [5.41, 5.74) is 6.17. The summed E-state index contributed by atoms with van der Waals surface area (Å²) in [7, 11) is -3.67. The average molecular weight is 394 g/mol. The molecule has 0 saturated heterocycles. The molecule has 3 N–H and O–H groups in total. The maximum Gasteiger partial charge on any atom is 0.254 e. The number of aromatic nitrogens is 5. The Bertz CT molecular complexity index is 1080. The van der Waals surface area contributed by atoms with Gasteiger partial charge in [-0.3, -0.25) is 4.79 Å². The number of sulfone groups is 1. The van der Waals surface area contributed by atoms with Gasteiger partial charge in [-0.05, 0) is 18.2 Å². The van der Waals surface area contributed by atoms with E-state index in [1.807, 2.05) is 0 Å². The standard InChI is InChI=1S/C14H12ClN7O3S/c1-26(24,25)14-17-7-9(12(16)23)13(21-14)20-8-2-3-10(15)11(6-8)22-18-4-5-19-22/h2-7H,1H3,(H2,16,23)(H,17,20,21). The molecule has 134 valence electrons.